The molecular weight excluding hydrogens is 386 g/mol. The maximum atomic E-state index is 11.6. The molecule has 7 nitrogen and oxygen atoms in total. The highest BCUT2D eigenvalue weighted by atomic mass is 16.5. The van der Waals surface area contributed by atoms with Crippen LogP contribution in [0.3, 0.4) is 0 Å². The second kappa shape index (κ2) is 7.12. The van der Waals surface area contributed by atoms with Gasteiger partial charge in [-0.15, -0.1) is 0 Å². The average molecular weight is 418 g/mol. The molecule has 2 fully saturated rings. The van der Waals surface area contributed by atoms with Crippen LogP contribution in [0.5, 0.6) is 11.5 Å². The molecule has 0 spiro atoms. The van der Waals surface area contributed by atoms with Gasteiger partial charge in [-0.25, -0.2) is 0 Å². The first-order valence-corrected chi connectivity index (χ1v) is 10.9. The predicted molar refractivity (Wildman–Crippen MR) is 109 cm³/mol. The van der Waals surface area contributed by atoms with Gasteiger partial charge >= 0.3 is 0 Å². The van der Waals surface area contributed by atoms with Crippen molar-refractivity contribution in [3.8, 4) is 11.5 Å². The fourth-order valence-electron chi connectivity index (χ4n) is 6.69. The largest absolute Gasteiger partial charge is 0.504 e. The van der Waals surface area contributed by atoms with Crippen LogP contribution in [0.15, 0.2) is 23.5 Å². The van der Waals surface area contributed by atoms with E-state index >= 15 is 0 Å². The van der Waals surface area contributed by atoms with Crippen LogP contribution in [0.4, 0.5) is 0 Å². The third kappa shape index (κ3) is 2.52. The Labute approximate surface area is 176 Å². The highest BCUT2D eigenvalue weighted by Gasteiger charge is 2.60. The zero-order valence-electron chi connectivity index (χ0n) is 17.5. The van der Waals surface area contributed by atoms with Gasteiger partial charge in [0.2, 0.25) is 0 Å². The topological polar surface area (TPSA) is 103 Å². The van der Waals surface area contributed by atoms with Crippen molar-refractivity contribution in [2.75, 3.05) is 20.8 Å². The predicted octanol–water partition coefficient (Wildman–Crippen LogP) is 1.73. The van der Waals surface area contributed by atoms with Crippen LogP contribution in [-0.4, -0.2) is 70.4 Å². The summed E-state index contributed by atoms with van der Waals surface area (Å²) in [5, 5.41) is 44.2. The van der Waals surface area contributed by atoms with Crippen molar-refractivity contribution in [2.45, 2.75) is 74.3 Å². The number of aromatic hydroxyl groups is 1. The number of likely N-dealkylation sites (tertiary alicyclic amines) is 1. The number of rotatable bonds is 3. The molecule has 1 aromatic carbocycles. The number of methoxy groups -OCH3 is 2. The molecule has 1 aromatic rings. The molecule has 0 aromatic heterocycles. The molecule has 0 unspecified atom stereocenters. The minimum atomic E-state index is -1.15. The number of aliphatic hydroxyl groups is 3. The highest BCUT2D eigenvalue weighted by molar-refractivity contribution is 5.63. The number of aliphatic hydroxyl groups excluding tert-OH is 3. The molecule has 1 saturated carbocycles. The molecular formula is C23H31NO6. The van der Waals surface area contributed by atoms with Crippen molar-refractivity contribution in [3.05, 3.63) is 34.6 Å². The lowest BCUT2D eigenvalue weighted by molar-refractivity contribution is -0.0594. The number of benzene rings is 1. The van der Waals surface area contributed by atoms with E-state index in [4.69, 9.17) is 9.47 Å². The number of hydrogen-bond acceptors (Lipinski definition) is 7. The van der Waals surface area contributed by atoms with E-state index in [1.807, 2.05) is 6.07 Å². The maximum absolute atomic E-state index is 11.6. The summed E-state index contributed by atoms with van der Waals surface area (Å²) in [4.78, 5) is 2.37. The number of phenolic OH excluding ortho intramolecular Hbond substituents is 1. The van der Waals surface area contributed by atoms with E-state index in [-0.39, 0.29) is 18.2 Å². The minimum absolute atomic E-state index is 0.00152. The van der Waals surface area contributed by atoms with Crippen LogP contribution >= 0.6 is 0 Å². The zero-order chi connectivity index (χ0) is 21.2. The van der Waals surface area contributed by atoms with E-state index in [9.17, 15) is 20.4 Å². The molecule has 5 rings (SSSR count). The number of nitrogens with zero attached hydrogens (tertiary/aromatic N) is 1. The van der Waals surface area contributed by atoms with Gasteiger partial charge in [0.1, 0.15) is 11.9 Å². The van der Waals surface area contributed by atoms with Crippen LogP contribution in [0.1, 0.15) is 55.8 Å². The molecule has 7 heteroatoms. The Morgan fingerprint density at radius 2 is 1.77 bits per heavy atom. The molecule has 1 aliphatic heterocycles. The summed E-state index contributed by atoms with van der Waals surface area (Å²) in [6.45, 7) is 0.756. The van der Waals surface area contributed by atoms with Gasteiger partial charge in [-0.05, 0) is 37.3 Å². The normalized spacial score (nSPS) is 36.4. The van der Waals surface area contributed by atoms with Crippen molar-refractivity contribution < 1.29 is 29.9 Å². The van der Waals surface area contributed by atoms with Crippen LogP contribution in [0.2, 0.25) is 0 Å². The van der Waals surface area contributed by atoms with E-state index < -0.39 is 23.7 Å². The average Bonchev–Trinajstić information content (AvgIpc) is 3.27. The molecule has 0 amide bonds. The summed E-state index contributed by atoms with van der Waals surface area (Å²) in [5.74, 6) is 0.664. The Kier molecular flexibility index (Phi) is 4.78. The van der Waals surface area contributed by atoms with E-state index in [2.05, 4.69) is 4.90 Å². The van der Waals surface area contributed by atoms with Crippen LogP contribution in [0, 0.1) is 0 Å². The Morgan fingerprint density at radius 3 is 2.43 bits per heavy atom. The van der Waals surface area contributed by atoms with Crippen molar-refractivity contribution in [1.29, 1.82) is 0 Å². The summed E-state index contributed by atoms with van der Waals surface area (Å²) in [5.41, 5.74) is 1.37. The second-order valence-corrected chi connectivity index (χ2v) is 9.18. The standard InChI is InChI=1S/C23H31NO6/c1-29-15-8-7-13-16(21(15)28)23-9-10-24(12-5-3-4-6-12)18(19(13)26)17(23)22(30-2)20(27)14(25)11-23/h7-8,12,14,18-20,25-28H,3-6,9-11H2,1-2H3/t14-,18-,19+,20-,23-/m0/s1. The highest BCUT2D eigenvalue weighted by Crippen LogP contribution is 2.61. The van der Waals surface area contributed by atoms with E-state index in [0.717, 1.165) is 25.0 Å². The fourth-order valence-corrected chi connectivity index (χ4v) is 6.69. The Hall–Kier alpha value is -1.80. The van der Waals surface area contributed by atoms with Crippen molar-refractivity contribution in [1.82, 2.24) is 4.90 Å². The van der Waals surface area contributed by atoms with Gasteiger partial charge in [-0.1, -0.05) is 18.9 Å². The molecule has 1 saturated heterocycles. The van der Waals surface area contributed by atoms with Crippen LogP contribution in [0.25, 0.3) is 0 Å². The number of hydrogen-bond donors (Lipinski definition) is 4. The number of ether oxygens (including phenoxy) is 2. The van der Waals surface area contributed by atoms with Gasteiger partial charge in [-0.2, -0.15) is 0 Å². The lowest BCUT2D eigenvalue weighted by atomic mass is 9.54. The van der Waals surface area contributed by atoms with E-state index in [1.165, 1.54) is 27.1 Å². The zero-order valence-corrected chi connectivity index (χ0v) is 17.5. The Bertz CT molecular complexity index is 879. The molecule has 0 radical (unpaired) electrons. The van der Waals surface area contributed by atoms with Gasteiger partial charge in [-0.3, -0.25) is 4.90 Å². The first kappa shape index (κ1) is 20.1. The molecule has 5 atom stereocenters. The van der Waals surface area contributed by atoms with Gasteiger partial charge in [0.05, 0.1) is 32.5 Å². The van der Waals surface area contributed by atoms with Gasteiger partial charge < -0.3 is 29.9 Å². The first-order valence-electron chi connectivity index (χ1n) is 10.9. The van der Waals surface area contributed by atoms with Crippen molar-refractivity contribution >= 4 is 0 Å². The number of fused-ring (bicyclic) bond motifs is 1. The quantitative estimate of drug-likeness (QED) is 0.594. The lowest BCUT2D eigenvalue weighted by Gasteiger charge is -2.59. The molecule has 164 valence electrons. The van der Waals surface area contributed by atoms with E-state index in [0.29, 0.717) is 35.1 Å². The minimum Gasteiger partial charge on any atom is -0.504 e. The maximum Gasteiger partial charge on any atom is 0.162 e. The summed E-state index contributed by atoms with van der Waals surface area (Å²) in [7, 11) is 3.00. The van der Waals surface area contributed by atoms with E-state index in [1.54, 1.807) is 6.07 Å². The SMILES string of the molecule is COC1=C2[C@H]3[C@H](O)c4ccc(OC)c(O)c4[C@]2(CCN3C2CCCC2)C[C@H](O)[C@@H]1O. The Morgan fingerprint density at radius 1 is 1.03 bits per heavy atom. The summed E-state index contributed by atoms with van der Waals surface area (Å²) >= 11 is 0. The van der Waals surface area contributed by atoms with Gasteiger partial charge in [0.25, 0.3) is 0 Å². The molecule has 4 N–H and O–H groups in total. The lowest BCUT2D eigenvalue weighted by Crippen LogP contribution is -2.63. The second-order valence-electron chi connectivity index (χ2n) is 9.18. The molecule has 2 bridgehead atoms. The monoisotopic (exact) mass is 417 g/mol. The van der Waals surface area contributed by atoms with Crippen molar-refractivity contribution in [2.24, 2.45) is 0 Å². The molecule has 4 aliphatic rings. The summed E-state index contributed by atoms with van der Waals surface area (Å²) in [6, 6.07) is 3.54. The summed E-state index contributed by atoms with van der Waals surface area (Å²) < 4.78 is 11.0. The summed E-state index contributed by atoms with van der Waals surface area (Å²) in [6.07, 6.45) is 2.46. The van der Waals surface area contributed by atoms with Crippen LogP contribution in [-0.2, 0) is 10.2 Å². The van der Waals surface area contributed by atoms with Crippen molar-refractivity contribution in [3.63, 3.8) is 0 Å². The fraction of sp³-hybridized carbons (Fsp3) is 0.652. The van der Waals surface area contributed by atoms with Crippen LogP contribution < -0.4 is 4.74 Å². The molecule has 3 aliphatic carbocycles. The first-order chi connectivity index (χ1) is 14.4. The smallest absolute Gasteiger partial charge is 0.162 e. The third-order valence-electron chi connectivity index (χ3n) is 7.92. The molecule has 30 heavy (non-hydrogen) atoms. The third-order valence-corrected chi connectivity index (χ3v) is 7.92. The van der Waals surface area contributed by atoms with Gasteiger partial charge in [0, 0.05) is 29.1 Å². The van der Waals surface area contributed by atoms with Gasteiger partial charge in [0.15, 0.2) is 11.5 Å². The molecule has 1 heterocycles. The number of piperidine rings is 1. The Balaban J connectivity index is 1.79. The number of phenols is 1.